The SMILES string of the molecule is CC/C=C\C/C=C\C/C=C\CCCCCCCC(=O)NCCOCCOCCOCCC(=O)Oc1c(F)c(F)cc(F)c1F. The van der Waals surface area contributed by atoms with Crippen LogP contribution in [-0.4, -0.2) is 58.1 Å². The van der Waals surface area contributed by atoms with Crippen molar-refractivity contribution >= 4 is 11.9 Å². The van der Waals surface area contributed by atoms with Crippen molar-refractivity contribution in [3.05, 3.63) is 65.8 Å². The van der Waals surface area contributed by atoms with Crippen molar-refractivity contribution in [3.8, 4) is 5.75 Å². The molecule has 0 saturated carbocycles. The van der Waals surface area contributed by atoms with E-state index >= 15 is 0 Å². The molecule has 0 spiro atoms. The van der Waals surface area contributed by atoms with Gasteiger partial charge in [0.2, 0.25) is 23.3 Å². The predicted octanol–water partition coefficient (Wildman–Crippen LogP) is 7.29. The van der Waals surface area contributed by atoms with Crippen molar-refractivity contribution in [1.29, 1.82) is 0 Å². The van der Waals surface area contributed by atoms with Gasteiger partial charge in [0, 0.05) is 19.0 Å². The second kappa shape index (κ2) is 26.4. The Morgan fingerprint density at radius 2 is 1.23 bits per heavy atom. The number of nitrogens with one attached hydrogen (secondary N) is 1. The fraction of sp³-hybridized carbons (Fsp3) is 0.576. The Bertz CT molecular complexity index is 1010. The molecule has 1 amide bonds. The van der Waals surface area contributed by atoms with Crippen molar-refractivity contribution in [2.45, 2.75) is 77.6 Å². The second-order valence-corrected chi connectivity index (χ2v) is 9.81. The van der Waals surface area contributed by atoms with E-state index in [0.29, 0.717) is 32.8 Å². The first-order chi connectivity index (χ1) is 21.4. The fourth-order valence-corrected chi connectivity index (χ4v) is 3.76. The third-order valence-corrected chi connectivity index (χ3v) is 6.11. The maximum Gasteiger partial charge on any atom is 0.313 e. The van der Waals surface area contributed by atoms with Crippen LogP contribution in [0.2, 0.25) is 0 Å². The van der Waals surface area contributed by atoms with Crippen LogP contribution in [-0.2, 0) is 23.8 Å². The van der Waals surface area contributed by atoms with E-state index in [-0.39, 0.29) is 38.2 Å². The summed E-state index contributed by atoms with van der Waals surface area (Å²) in [6, 6.07) is 0.0213. The monoisotopic (exact) mass is 629 g/mol. The summed E-state index contributed by atoms with van der Waals surface area (Å²) in [6.45, 7) is 3.74. The quantitative estimate of drug-likeness (QED) is 0.0289. The molecule has 0 aliphatic carbocycles. The van der Waals surface area contributed by atoms with Crippen LogP contribution in [0.1, 0.15) is 77.6 Å². The van der Waals surface area contributed by atoms with Gasteiger partial charge in [-0.05, 0) is 38.5 Å². The van der Waals surface area contributed by atoms with E-state index in [4.69, 9.17) is 14.2 Å². The van der Waals surface area contributed by atoms with E-state index in [9.17, 15) is 27.2 Å². The lowest BCUT2D eigenvalue weighted by molar-refractivity contribution is -0.136. The van der Waals surface area contributed by atoms with Crippen molar-refractivity contribution in [2.75, 3.05) is 46.2 Å². The van der Waals surface area contributed by atoms with Gasteiger partial charge in [-0.2, -0.15) is 8.78 Å². The van der Waals surface area contributed by atoms with Gasteiger partial charge in [-0.1, -0.05) is 62.6 Å². The van der Waals surface area contributed by atoms with Crippen molar-refractivity contribution in [2.24, 2.45) is 0 Å². The third-order valence-electron chi connectivity index (χ3n) is 6.11. The summed E-state index contributed by atoms with van der Waals surface area (Å²) in [5.74, 6) is -9.44. The van der Waals surface area contributed by atoms with Crippen LogP contribution >= 0.6 is 0 Å². The lowest BCUT2D eigenvalue weighted by Gasteiger charge is -2.09. The van der Waals surface area contributed by atoms with Crippen LogP contribution in [0.5, 0.6) is 5.75 Å². The number of carbonyl (C=O) groups excluding carboxylic acids is 2. The van der Waals surface area contributed by atoms with Crippen molar-refractivity contribution in [3.63, 3.8) is 0 Å². The summed E-state index contributed by atoms with van der Waals surface area (Å²) >= 11 is 0. The van der Waals surface area contributed by atoms with Crippen LogP contribution in [0.4, 0.5) is 17.6 Å². The van der Waals surface area contributed by atoms with Gasteiger partial charge in [-0.3, -0.25) is 9.59 Å². The van der Waals surface area contributed by atoms with Crippen LogP contribution in [0.25, 0.3) is 0 Å². The number of hydrogen-bond donors (Lipinski definition) is 1. The molecule has 248 valence electrons. The molecule has 0 radical (unpaired) electrons. The summed E-state index contributed by atoms with van der Waals surface area (Å²) in [7, 11) is 0. The van der Waals surface area contributed by atoms with Gasteiger partial charge in [-0.25, -0.2) is 8.78 Å². The van der Waals surface area contributed by atoms with E-state index in [1.165, 1.54) is 12.8 Å². The average molecular weight is 630 g/mol. The Balaban J connectivity index is 1.87. The fourth-order valence-electron chi connectivity index (χ4n) is 3.76. The molecule has 1 aromatic carbocycles. The molecule has 44 heavy (non-hydrogen) atoms. The molecular weight excluding hydrogens is 582 g/mol. The maximum atomic E-state index is 13.5. The third kappa shape index (κ3) is 20.0. The van der Waals surface area contributed by atoms with Gasteiger partial charge >= 0.3 is 5.97 Å². The molecule has 1 rings (SSSR count). The average Bonchev–Trinajstić information content (AvgIpc) is 3.00. The lowest BCUT2D eigenvalue weighted by Crippen LogP contribution is -2.27. The van der Waals surface area contributed by atoms with Crippen LogP contribution in [0.3, 0.4) is 0 Å². The standard InChI is InChI=1S/C33H47F4NO6/c1-2-3-4-5-6-7-8-9-10-11-12-13-14-15-16-17-29(39)38-19-21-42-23-25-43-24-22-41-20-18-30(40)44-33-31(36)27(34)26-28(35)32(33)37/h3-4,6-7,9-10,26H,2,5,8,11-25H2,1H3,(H,38,39)/b4-3-,7-6-,10-9-. The molecule has 11 heteroatoms. The largest absolute Gasteiger partial charge is 0.420 e. The molecule has 0 bridgehead atoms. The first-order valence-electron chi connectivity index (χ1n) is 15.3. The van der Waals surface area contributed by atoms with E-state index < -0.39 is 35.0 Å². The smallest absolute Gasteiger partial charge is 0.313 e. The Labute approximate surface area is 258 Å². The highest BCUT2D eigenvalue weighted by atomic mass is 19.2. The molecule has 0 aliphatic rings. The molecule has 0 unspecified atom stereocenters. The van der Waals surface area contributed by atoms with Gasteiger partial charge < -0.3 is 24.3 Å². The zero-order valence-electron chi connectivity index (χ0n) is 25.7. The van der Waals surface area contributed by atoms with Gasteiger partial charge in [0.15, 0.2) is 11.6 Å². The molecule has 1 aromatic rings. The van der Waals surface area contributed by atoms with Gasteiger partial charge in [0.25, 0.3) is 0 Å². The molecule has 0 heterocycles. The predicted molar refractivity (Wildman–Crippen MR) is 161 cm³/mol. The minimum absolute atomic E-state index is 0.0189. The van der Waals surface area contributed by atoms with Crippen LogP contribution in [0, 0.1) is 23.3 Å². The summed E-state index contributed by atoms with van der Waals surface area (Å²) < 4.78 is 73.6. The topological polar surface area (TPSA) is 83.1 Å². The summed E-state index contributed by atoms with van der Waals surface area (Å²) in [5, 5.41) is 2.83. The maximum absolute atomic E-state index is 13.5. The van der Waals surface area contributed by atoms with Crippen molar-refractivity contribution < 1.29 is 46.1 Å². The van der Waals surface area contributed by atoms with E-state index in [1.807, 2.05) is 0 Å². The van der Waals surface area contributed by atoms with Gasteiger partial charge in [0.05, 0.1) is 46.1 Å². The molecule has 1 N–H and O–H groups in total. The number of rotatable bonds is 26. The first kappa shape index (κ1) is 39.0. The van der Waals surface area contributed by atoms with Gasteiger partial charge in [-0.15, -0.1) is 0 Å². The first-order valence-corrected chi connectivity index (χ1v) is 15.3. The molecule has 0 aliphatic heterocycles. The normalized spacial score (nSPS) is 11.8. The number of halogens is 4. The van der Waals surface area contributed by atoms with Crippen LogP contribution in [0.15, 0.2) is 42.5 Å². The highest BCUT2D eigenvalue weighted by molar-refractivity contribution is 5.75. The molecule has 0 fully saturated rings. The Kier molecular flexibility index (Phi) is 23.4. The number of amides is 1. The summed E-state index contributed by atoms with van der Waals surface area (Å²) in [6.07, 6.45) is 22.9. The van der Waals surface area contributed by atoms with E-state index in [0.717, 1.165) is 44.9 Å². The number of hydrogen-bond acceptors (Lipinski definition) is 6. The number of carbonyl (C=O) groups is 2. The summed E-state index contributed by atoms with van der Waals surface area (Å²) in [5.41, 5.74) is 0. The molecule has 0 atom stereocenters. The number of benzene rings is 1. The highest BCUT2D eigenvalue weighted by Crippen LogP contribution is 2.26. The Morgan fingerprint density at radius 1 is 0.682 bits per heavy atom. The Morgan fingerprint density at radius 3 is 1.89 bits per heavy atom. The molecule has 0 saturated heterocycles. The number of ether oxygens (including phenoxy) is 4. The highest BCUT2D eigenvalue weighted by Gasteiger charge is 2.22. The lowest BCUT2D eigenvalue weighted by atomic mass is 10.1. The van der Waals surface area contributed by atoms with Gasteiger partial charge in [0.1, 0.15) is 0 Å². The number of allylic oxidation sites excluding steroid dienone is 6. The molecule has 7 nitrogen and oxygen atoms in total. The number of unbranched alkanes of at least 4 members (excludes halogenated alkanes) is 5. The molecular formula is C33H47F4NO6. The molecule has 0 aromatic heterocycles. The summed E-state index contributed by atoms with van der Waals surface area (Å²) in [4.78, 5) is 23.6. The minimum atomic E-state index is -1.79. The zero-order chi connectivity index (χ0) is 32.3. The van der Waals surface area contributed by atoms with Crippen molar-refractivity contribution in [1.82, 2.24) is 5.32 Å². The van der Waals surface area contributed by atoms with E-state index in [1.54, 1.807) is 0 Å². The zero-order valence-corrected chi connectivity index (χ0v) is 25.7. The number of esters is 1. The van der Waals surface area contributed by atoms with Crippen LogP contribution < -0.4 is 10.1 Å². The van der Waals surface area contributed by atoms with E-state index in [2.05, 4.69) is 53.4 Å². The Hall–Kier alpha value is -3.02. The minimum Gasteiger partial charge on any atom is -0.420 e. The second-order valence-electron chi connectivity index (χ2n) is 9.81.